The molecule has 4 amide bonds. The van der Waals surface area contributed by atoms with Crippen molar-refractivity contribution in [2.45, 2.75) is 97.8 Å². The van der Waals surface area contributed by atoms with Gasteiger partial charge in [-0.3, -0.25) is 29.0 Å². The van der Waals surface area contributed by atoms with Crippen LogP contribution in [0.25, 0.3) is 10.9 Å². The van der Waals surface area contributed by atoms with Gasteiger partial charge in [-0.1, -0.05) is 72.1 Å². The molecule has 3 unspecified atom stereocenters. The molecule has 1 aromatic carbocycles. The smallest absolute Gasteiger partial charge is 0.289 e. The lowest BCUT2D eigenvalue weighted by Gasteiger charge is -2.31. The Balaban J connectivity index is 1.66. The van der Waals surface area contributed by atoms with Gasteiger partial charge >= 0.3 is 0 Å². The number of ketones is 1. The fourth-order valence-corrected chi connectivity index (χ4v) is 5.00. The van der Waals surface area contributed by atoms with Gasteiger partial charge in [-0.05, 0) is 43.2 Å². The fraction of sp³-hybridized carbons (Fsp3) is 0.548. The summed E-state index contributed by atoms with van der Waals surface area (Å²) in [6.45, 7) is 10.4. The summed E-state index contributed by atoms with van der Waals surface area (Å²) in [6, 6.07) is 5.76. The molecule has 1 heterocycles. The summed E-state index contributed by atoms with van der Waals surface area (Å²) in [6.07, 6.45) is 6.35. The first kappa shape index (κ1) is 31.7. The SMILES string of the molecule is CC(NC(=O)C(NC(=O)c1ccnc2ccccc12)C(C)(C)C)C(=O)NC(C(=O)C(=O)NC1CCCCC1)C(C)C. The van der Waals surface area contributed by atoms with E-state index >= 15 is 0 Å². The van der Waals surface area contributed by atoms with Crippen molar-refractivity contribution in [3.8, 4) is 0 Å². The number of carbonyl (C=O) groups excluding carboxylic acids is 5. The van der Waals surface area contributed by atoms with Crippen molar-refractivity contribution in [1.82, 2.24) is 26.3 Å². The van der Waals surface area contributed by atoms with Crippen molar-refractivity contribution in [1.29, 1.82) is 0 Å². The molecule has 222 valence electrons. The molecule has 1 aliphatic carbocycles. The predicted molar refractivity (Wildman–Crippen MR) is 157 cm³/mol. The number of benzene rings is 1. The maximum Gasteiger partial charge on any atom is 0.289 e. The first-order valence-electron chi connectivity index (χ1n) is 14.4. The van der Waals surface area contributed by atoms with E-state index in [2.05, 4.69) is 26.3 Å². The largest absolute Gasteiger partial charge is 0.347 e. The Labute approximate surface area is 241 Å². The molecule has 3 atom stereocenters. The number of amides is 4. The quantitative estimate of drug-likeness (QED) is 0.326. The van der Waals surface area contributed by atoms with Gasteiger partial charge in [-0.15, -0.1) is 0 Å². The second-order valence-electron chi connectivity index (χ2n) is 12.3. The van der Waals surface area contributed by atoms with E-state index in [1.807, 2.05) is 32.9 Å². The minimum Gasteiger partial charge on any atom is -0.347 e. The van der Waals surface area contributed by atoms with Gasteiger partial charge in [0, 0.05) is 17.6 Å². The summed E-state index contributed by atoms with van der Waals surface area (Å²) >= 11 is 0. The van der Waals surface area contributed by atoms with Gasteiger partial charge in [0.05, 0.1) is 17.1 Å². The molecule has 4 N–H and O–H groups in total. The summed E-state index contributed by atoms with van der Waals surface area (Å²) in [4.78, 5) is 69.6. The summed E-state index contributed by atoms with van der Waals surface area (Å²) in [5.41, 5.74) is 0.351. The first-order chi connectivity index (χ1) is 19.3. The van der Waals surface area contributed by atoms with Crippen LogP contribution in [0.5, 0.6) is 0 Å². The lowest BCUT2D eigenvalue weighted by Crippen LogP contribution is -2.59. The predicted octanol–water partition coefficient (Wildman–Crippen LogP) is 3.04. The van der Waals surface area contributed by atoms with Gasteiger partial charge < -0.3 is 21.3 Å². The van der Waals surface area contributed by atoms with Crippen molar-refractivity contribution in [2.24, 2.45) is 11.3 Å². The van der Waals surface area contributed by atoms with Gasteiger partial charge in [0.15, 0.2) is 0 Å². The molecule has 1 saturated carbocycles. The van der Waals surface area contributed by atoms with Gasteiger partial charge in [-0.25, -0.2) is 0 Å². The van der Waals surface area contributed by atoms with Crippen molar-refractivity contribution in [3.05, 3.63) is 42.1 Å². The number of nitrogens with one attached hydrogen (secondary N) is 4. The van der Waals surface area contributed by atoms with Crippen LogP contribution in [0.3, 0.4) is 0 Å². The monoisotopic (exact) mass is 565 g/mol. The molecular formula is C31H43N5O5. The first-order valence-corrected chi connectivity index (χ1v) is 14.4. The van der Waals surface area contributed by atoms with Crippen LogP contribution in [0, 0.1) is 11.3 Å². The minimum absolute atomic E-state index is 0.0309. The van der Waals surface area contributed by atoms with Crippen molar-refractivity contribution in [3.63, 3.8) is 0 Å². The maximum absolute atomic E-state index is 13.4. The van der Waals surface area contributed by atoms with Crippen LogP contribution >= 0.6 is 0 Å². The van der Waals surface area contributed by atoms with Gasteiger partial charge in [0.2, 0.25) is 17.6 Å². The Bertz CT molecular complexity index is 1270. The number of fused-ring (bicyclic) bond motifs is 1. The van der Waals surface area contributed by atoms with Gasteiger partial charge in [0.25, 0.3) is 11.8 Å². The van der Waals surface area contributed by atoms with Crippen molar-refractivity contribution < 1.29 is 24.0 Å². The highest BCUT2D eigenvalue weighted by Gasteiger charge is 2.36. The van der Waals surface area contributed by atoms with E-state index in [1.54, 1.807) is 32.0 Å². The van der Waals surface area contributed by atoms with E-state index in [0.717, 1.165) is 32.1 Å². The number of Topliss-reactive ketones (excluding diaryl/α,β-unsaturated/α-hetero) is 1. The molecule has 0 aliphatic heterocycles. The maximum atomic E-state index is 13.4. The Morgan fingerprint density at radius 1 is 0.854 bits per heavy atom. The van der Waals surface area contributed by atoms with Gasteiger partial charge in [0.1, 0.15) is 12.1 Å². The minimum atomic E-state index is -1.04. The summed E-state index contributed by atoms with van der Waals surface area (Å²) < 4.78 is 0. The number of aromatic nitrogens is 1. The fourth-order valence-electron chi connectivity index (χ4n) is 5.00. The highest BCUT2D eigenvalue weighted by Crippen LogP contribution is 2.22. The Morgan fingerprint density at radius 3 is 2.15 bits per heavy atom. The van der Waals surface area contributed by atoms with E-state index in [-0.39, 0.29) is 12.0 Å². The molecular weight excluding hydrogens is 522 g/mol. The zero-order chi connectivity index (χ0) is 30.3. The van der Waals surface area contributed by atoms with Crippen LogP contribution < -0.4 is 21.3 Å². The summed E-state index contributed by atoms with van der Waals surface area (Å²) in [5, 5.41) is 11.6. The second kappa shape index (κ2) is 13.7. The Hall–Kier alpha value is -3.82. The zero-order valence-corrected chi connectivity index (χ0v) is 24.9. The molecule has 0 radical (unpaired) electrons. The molecule has 0 spiro atoms. The van der Waals surface area contributed by atoms with Crippen LogP contribution in [0.4, 0.5) is 0 Å². The number of carbonyl (C=O) groups is 5. The molecule has 3 rings (SSSR count). The third-order valence-corrected chi connectivity index (χ3v) is 7.46. The number of nitrogens with zero attached hydrogens (tertiary/aromatic N) is 1. The molecule has 10 nitrogen and oxygen atoms in total. The van der Waals surface area contributed by atoms with Crippen LogP contribution in [0.1, 0.15) is 84.0 Å². The zero-order valence-electron chi connectivity index (χ0n) is 24.9. The molecule has 1 fully saturated rings. The van der Waals surface area contributed by atoms with E-state index in [9.17, 15) is 24.0 Å². The van der Waals surface area contributed by atoms with Crippen LogP contribution in [0.15, 0.2) is 36.5 Å². The number of para-hydroxylation sites is 1. The van der Waals surface area contributed by atoms with Crippen LogP contribution in [-0.2, 0) is 19.2 Å². The average molecular weight is 566 g/mol. The van der Waals surface area contributed by atoms with E-state index in [0.29, 0.717) is 16.5 Å². The van der Waals surface area contributed by atoms with Crippen molar-refractivity contribution >= 4 is 40.3 Å². The van der Waals surface area contributed by atoms with Crippen LogP contribution in [0.2, 0.25) is 0 Å². The number of hydrogen-bond acceptors (Lipinski definition) is 6. The van der Waals surface area contributed by atoms with E-state index < -0.39 is 53.0 Å². The number of pyridine rings is 1. The molecule has 0 saturated heterocycles. The van der Waals surface area contributed by atoms with E-state index in [4.69, 9.17) is 0 Å². The normalized spacial score (nSPS) is 16.4. The molecule has 1 aromatic heterocycles. The van der Waals surface area contributed by atoms with E-state index in [1.165, 1.54) is 13.1 Å². The second-order valence-corrected chi connectivity index (χ2v) is 12.3. The highest BCUT2D eigenvalue weighted by molar-refractivity contribution is 6.38. The lowest BCUT2D eigenvalue weighted by molar-refractivity contribution is -0.141. The summed E-state index contributed by atoms with van der Waals surface area (Å²) in [7, 11) is 0. The molecule has 1 aliphatic rings. The Kier molecular flexibility index (Phi) is 10.6. The topological polar surface area (TPSA) is 146 Å². The van der Waals surface area contributed by atoms with Crippen molar-refractivity contribution in [2.75, 3.05) is 0 Å². The number of rotatable bonds is 10. The third kappa shape index (κ3) is 8.34. The highest BCUT2D eigenvalue weighted by atomic mass is 16.2. The van der Waals surface area contributed by atoms with Gasteiger partial charge in [-0.2, -0.15) is 0 Å². The molecule has 2 aromatic rings. The van der Waals surface area contributed by atoms with Crippen LogP contribution in [-0.4, -0.2) is 58.6 Å². The third-order valence-electron chi connectivity index (χ3n) is 7.46. The molecule has 41 heavy (non-hydrogen) atoms. The molecule has 0 bridgehead atoms. The lowest BCUT2D eigenvalue weighted by atomic mass is 9.85. The Morgan fingerprint density at radius 2 is 1.51 bits per heavy atom. The standard InChI is InChI=1S/C31H43N5O5/c1-18(2)24(25(37)29(40)34-20-12-8-7-9-13-20)35-27(38)19(3)33-30(41)26(31(4,5)6)36-28(39)22-16-17-32-23-15-11-10-14-21(22)23/h10-11,14-20,24,26H,7-9,12-13H2,1-6H3,(H,33,41)(H,34,40)(H,35,38)(H,36,39). The summed E-state index contributed by atoms with van der Waals surface area (Å²) in [5.74, 6) is -3.34. The number of hydrogen-bond donors (Lipinski definition) is 4. The average Bonchev–Trinajstić information content (AvgIpc) is 2.93. The molecule has 10 heteroatoms.